The second-order valence-corrected chi connectivity index (χ2v) is 5.56. The van der Waals surface area contributed by atoms with Crippen molar-refractivity contribution in [2.45, 2.75) is 26.7 Å². The Bertz CT molecular complexity index is 433. The lowest BCUT2D eigenvalue weighted by atomic mass is 10.0. The van der Waals surface area contributed by atoms with E-state index in [0.717, 1.165) is 36.6 Å². The van der Waals surface area contributed by atoms with Crippen LogP contribution in [-0.2, 0) is 12.8 Å². The maximum absolute atomic E-state index is 5.98. The van der Waals surface area contributed by atoms with E-state index in [-0.39, 0.29) is 0 Å². The lowest BCUT2D eigenvalue weighted by molar-refractivity contribution is 1.08. The van der Waals surface area contributed by atoms with Crippen LogP contribution < -0.4 is 11.1 Å². The van der Waals surface area contributed by atoms with Crippen molar-refractivity contribution < 1.29 is 0 Å². The molecular formula is C16H25N3S. The first-order valence-corrected chi connectivity index (χ1v) is 8.24. The summed E-state index contributed by atoms with van der Waals surface area (Å²) in [6.45, 7) is 8.73. The second kappa shape index (κ2) is 9.48. The molecule has 0 atom stereocenters. The standard InChI is InChI=1S/C16H25N3S/c1-4-11-20-12-10-18-16(17)19-15-13(5-2)8-7-9-14(15)6-3/h4,7-9H,1,5-6,10-12H2,2-3H3,(H3,17,18,19). The van der Waals surface area contributed by atoms with Gasteiger partial charge in [-0.05, 0) is 24.0 Å². The van der Waals surface area contributed by atoms with E-state index >= 15 is 0 Å². The molecule has 0 aliphatic heterocycles. The Balaban J connectivity index is 2.66. The number of anilines is 1. The lowest BCUT2D eigenvalue weighted by Crippen LogP contribution is -2.24. The monoisotopic (exact) mass is 291 g/mol. The number of benzene rings is 1. The summed E-state index contributed by atoms with van der Waals surface area (Å²) < 4.78 is 0. The van der Waals surface area contributed by atoms with Gasteiger partial charge < -0.3 is 11.1 Å². The van der Waals surface area contributed by atoms with E-state index in [1.54, 1.807) is 0 Å². The van der Waals surface area contributed by atoms with Crippen LogP contribution in [0.1, 0.15) is 25.0 Å². The predicted molar refractivity (Wildman–Crippen MR) is 92.8 cm³/mol. The summed E-state index contributed by atoms with van der Waals surface area (Å²) in [4.78, 5) is 4.37. The van der Waals surface area contributed by atoms with Crippen LogP contribution in [0.3, 0.4) is 0 Å². The zero-order valence-corrected chi connectivity index (χ0v) is 13.3. The largest absolute Gasteiger partial charge is 0.370 e. The minimum absolute atomic E-state index is 0.500. The summed E-state index contributed by atoms with van der Waals surface area (Å²) in [5.41, 5.74) is 9.66. The van der Waals surface area contributed by atoms with E-state index in [1.165, 1.54) is 11.1 Å². The SMILES string of the molecule is C=CCSCCN=C(N)Nc1c(CC)cccc1CC. The Kier molecular flexibility index (Phi) is 7.88. The summed E-state index contributed by atoms with van der Waals surface area (Å²) in [5.74, 6) is 2.42. The Hall–Kier alpha value is -1.42. The van der Waals surface area contributed by atoms with Gasteiger partial charge in [0.15, 0.2) is 5.96 Å². The predicted octanol–water partition coefficient (Wildman–Crippen LogP) is 3.46. The molecule has 4 heteroatoms. The van der Waals surface area contributed by atoms with E-state index in [0.29, 0.717) is 5.96 Å². The summed E-state index contributed by atoms with van der Waals surface area (Å²) in [7, 11) is 0. The Morgan fingerprint density at radius 2 is 2.00 bits per heavy atom. The second-order valence-electron chi connectivity index (χ2n) is 4.41. The highest BCUT2D eigenvalue weighted by Crippen LogP contribution is 2.22. The molecule has 0 saturated heterocycles. The third-order valence-corrected chi connectivity index (χ3v) is 3.95. The average molecular weight is 291 g/mol. The van der Waals surface area contributed by atoms with E-state index in [4.69, 9.17) is 5.73 Å². The van der Waals surface area contributed by atoms with Gasteiger partial charge in [-0.2, -0.15) is 11.8 Å². The topological polar surface area (TPSA) is 50.4 Å². The molecule has 3 nitrogen and oxygen atoms in total. The van der Waals surface area contributed by atoms with Crippen molar-refractivity contribution in [3.8, 4) is 0 Å². The van der Waals surface area contributed by atoms with Crippen LogP contribution in [0.5, 0.6) is 0 Å². The van der Waals surface area contributed by atoms with Crippen LogP contribution in [0.25, 0.3) is 0 Å². The Morgan fingerprint density at radius 1 is 1.35 bits per heavy atom. The molecule has 0 fully saturated rings. The number of thioether (sulfide) groups is 1. The van der Waals surface area contributed by atoms with E-state index in [1.807, 2.05) is 17.8 Å². The maximum Gasteiger partial charge on any atom is 0.193 e. The van der Waals surface area contributed by atoms with Gasteiger partial charge in [-0.1, -0.05) is 38.1 Å². The van der Waals surface area contributed by atoms with Gasteiger partial charge in [-0.15, -0.1) is 6.58 Å². The van der Waals surface area contributed by atoms with E-state index < -0.39 is 0 Å². The molecule has 3 N–H and O–H groups in total. The smallest absolute Gasteiger partial charge is 0.193 e. The number of aryl methyl sites for hydroxylation is 2. The van der Waals surface area contributed by atoms with Gasteiger partial charge in [0.1, 0.15) is 0 Å². The number of hydrogen-bond donors (Lipinski definition) is 2. The van der Waals surface area contributed by atoms with E-state index in [2.05, 4.69) is 48.9 Å². The molecule has 0 spiro atoms. The normalized spacial score (nSPS) is 11.4. The van der Waals surface area contributed by atoms with Gasteiger partial charge in [-0.25, -0.2) is 0 Å². The molecular weight excluding hydrogens is 266 g/mol. The van der Waals surface area contributed by atoms with Crippen molar-refractivity contribution in [2.24, 2.45) is 10.7 Å². The van der Waals surface area contributed by atoms with Gasteiger partial charge >= 0.3 is 0 Å². The van der Waals surface area contributed by atoms with Crippen molar-refractivity contribution in [3.63, 3.8) is 0 Å². The number of hydrogen-bond acceptors (Lipinski definition) is 2. The lowest BCUT2D eigenvalue weighted by Gasteiger charge is -2.14. The average Bonchev–Trinajstić information content (AvgIpc) is 2.47. The first kappa shape index (κ1) is 16.6. The van der Waals surface area contributed by atoms with Crippen molar-refractivity contribution in [2.75, 3.05) is 23.4 Å². The third kappa shape index (κ3) is 5.29. The Labute approximate surface area is 126 Å². The van der Waals surface area contributed by atoms with Gasteiger partial charge in [0.2, 0.25) is 0 Å². The molecule has 0 aliphatic rings. The molecule has 0 aliphatic carbocycles. The quantitative estimate of drug-likeness (QED) is 0.334. The van der Waals surface area contributed by atoms with Gasteiger partial charge in [0, 0.05) is 17.2 Å². The van der Waals surface area contributed by atoms with Crippen molar-refractivity contribution >= 4 is 23.4 Å². The number of rotatable bonds is 8. The molecule has 20 heavy (non-hydrogen) atoms. The molecule has 0 unspecified atom stereocenters. The molecule has 1 rings (SSSR count). The molecule has 0 radical (unpaired) electrons. The first-order valence-electron chi connectivity index (χ1n) is 7.09. The molecule has 1 aromatic rings. The van der Waals surface area contributed by atoms with E-state index in [9.17, 15) is 0 Å². The van der Waals surface area contributed by atoms with Crippen molar-refractivity contribution in [1.82, 2.24) is 0 Å². The summed E-state index contributed by atoms with van der Waals surface area (Å²) in [5, 5.41) is 3.27. The minimum Gasteiger partial charge on any atom is -0.370 e. The summed E-state index contributed by atoms with van der Waals surface area (Å²) in [6, 6.07) is 6.37. The number of guanidine groups is 1. The fourth-order valence-corrected chi connectivity index (χ4v) is 2.52. The highest BCUT2D eigenvalue weighted by atomic mass is 32.2. The van der Waals surface area contributed by atoms with Crippen LogP contribution in [0.15, 0.2) is 35.8 Å². The van der Waals surface area contributed by atoms with Gasteiger partial charge in [0.05, 0.1) is 6.54 Å². The number of para-hydroxylation sites is 1. The molecule has 1 aromatic carbocycles. The Morgan fingerprint density at radius 3 is 2.55 bits per heavy atom. The van der Waals surface area contributed by atoms with Crippen LogP contribution in [0.2, 0.25) is 0 Å². The zero-order valence-electron chi connectivity index (χ0n) is 12.5. The maximum atomic E-state index is 5.98. The molecule has 0 amide bonds. The van der Waals surface area contributed by atoms with Crippen LogP contribution in [-0.4, -0.2) is 24.0 Å². The zero-order chi connectivity index (χ0) is 14.8. The highest BCUT2D eigenvalue weighted by Gasteiger charge is 2.06. The first-order chi connectivity index (χ1) is 9.72. The van der Waals surface area contributed by atoms with Gasteiger partial charge in [-0.3, -0.25) is 4.99 Å². The summed E-state index contributed by atoms with van der Waals surface area (Å²) in [6.07, 6.45) is 3.87. The highest BCUT2D eigenvalue weighted by molar-refractivity contribution is 7.99. The van der Waals surface area contributed by atoms with Gasteiger partial charge in [0.25, 0.3) is 0 Å². The number of nitrogens with one attached hydrogen (secondary N) is 1. The van der Waals surface area contributed by atoms with Crippen molar-refractivity contribution in [3.05, 3.63) is 42.0 Å². The fourth-order valence-electron chi connectivity index (χ4n) is 1.97. The minimum atomic E-state index is 0.500. The molecule has 0 heterocycles. The molecule has 0 aromatic heterocycles. The fraction of sp³-hybridized carbons (Fsp3) is 0.438. The number of nitrogens with two attached hydrogens (primary N) is 1. The van der Waals surface area contributed by atoms with Crippen LogP contribution in [0.4, 0.5) is 5.69 Å². The number of nitrogens with zero attached hydrogens (tertiary/aromatic N) is 1. The summed E-state index contributed by atoms with van der Waals surface area (Å²) >= 11 is 1.81. The molecule has 0 bridgehead atoms. The van der Waals surface area contributed by atoms with Crippen LogP contribution >= 0.6 is 11.8 Å². The van der Waals surface area contributed by atoms with Crippen molar-refractivity contribution in [1.29, 1.82) is 0 Å². The number of aliphatic imine (C=N–C) groups is 1. The molecule has 0 saturated carbocycles. The third-order valence-electron chi connectivity index (χ3n) is 3.01. The van der Waals surface area contributed by atoms with Crippen LogP contribution in [0, 0.1) is 0 Å². The molecule has 110 valence electrons.